The van der Waals surface area contributed by atoms with Gasteiger partial charge >= 0.3 is 0 Å². The lowest BCUT2D eigenvalue weighted by molar-refractivity contribution is -0.132. The van der Waals surface area contributed by atoms with Crippen molar-refractivity contribution in [2.24, 2.45) is 11.8 Å². The molecule has 6 nitrogen and oxygen atoms in total. The van der Waals surface area contributed by atoms with E-state index < -0.39 is 0 Å². The summed E-state index contributed by atoms with van der Waals surface area (Å²) < 4.78 is 7.06. The second kappa shape index (κ2) is 8.59. The zero-order chi connectivity index (χ0) is 20.3. The highest BCUT2D eigenvalue weighted by Gasteiger charge is 2.18. The van der Waals surface area contributed by atoms with E-state index in [0.717, 1.165) is 18.2 Å². The van der Waals surface area contributed by atoms with Crippen molar-refractivity contribution < 1.29 is 9.21 Å². The fourth-order valence-electron chi connectivity index (χ4n) is 3.16. The lowest BCUT2D eigenvalue weighted by atomic mass is 10.1. The van der Waals surface area contributed by atoms with E-state index in [1.165, 1.54) is 10.9 Å². The van der Waals surface area contributed by atoms with E-state index in [-0.39, 0.29) is 23.6 Å². The van der Waals surface area contributed by atoms with Crippen molar-refractivity contribution in [2.45, 2.75) is 47.1 Å². The minimum atomic E-state index is -0.317. The van der Waals surface area contributed by atoms with E-state index in [4.69, 9.17) is 4.42 Å². The van der Waals surface area contributed by atoms with Crippen molar-refractivity contribution in [3.05, 3.63) is 40.9 Å². The summed E-state index contributed by atoms with van der Waals surface area (Å²) in [4.78, 5) is 32.0. The van der Waals surface area contributed by atoms with Crippen LogP contribution < -0.4 is 5.56 Å². The molecule has 3 rings (SSSR count). The summed E-state index contributed by atoms with van der Waals surface area (Å²) in [6.45, 7) is 9.99. The van der Waals surface area contributed by atoms with Crippen molar-refractivity contribution in [3.8, 4) is 0 Å². The number of hydrogen-bond donors (Lipinski definition) is 0. The van der Waals surface area contributed by atoms with Crippen LogP contribution in [0.25, 0.3) is 22.1 Å². The zero-order valence-electron chi connectivity index (χ0n) is 17.1. The number of aromatic nitrogens is 2. The fourth-order valence-corrected chi connectivity index (χ4v) is 3.16. The largest absolute Gasteiger partial charge is 0.448 e. The Morgan fingerprint density at radius 1 is 1.11 bits per heavy atom. The Morgan fingerprint density at radius 2 is 1.75 bits per heavy atom. The summed E-state index contributed by atoms with van der Waals surface area (Å²) in [5, 5.41) is 0.809. The summed E-state index contributed by atoms with van der Waals surface area (Å²) in [5.41, 5.74) is 1.05. The monoisotopic (exact) mass is 383 g/mol. The molecule has 2 aromatic heterocycles. The second-order valence-corrected chi connectivity index (χ2v) is 8.20. The molecule has 0 unspecified atom stereocenters. The molecule has 0 radical (unpaired) electrons. The molecule has 1 amide bonds. The van der Waals surface area contributed by atoms with E-state index in [9.17, 15) is 9.59 Å². The van der Waals surface area contributed by atoms with Gasteiger partial charge in [0.1, 0.15) is 17.6 Å². The van der Waals surface area contributed by atoms with Crippen molar-refractivity contribution in [1.82, 2.24) is 14.5 Å². The van der Waals surface area contributed by atoms with Crippen LogP contribution in [-0.2, 0) is 11.3 Å². The third kappa shape index (κ3) is 4.43. The van der Waals surface area contributed by atoms with E-state index >= 15 is 0 Å². The number of para-hydroxylation sites is 1. The average molecular weight is 383 g/mol. The average Bonchev–Trinajstić information content (AvgIpc) is 3.03. The third-order valence-electron chi connectivity index (χ3n) is 4.96. The predicted octanol–water partition coefficient (Wildman–Crippen LogP) is 4.06. The quantitative estimate of drug-likeness (QED) is 0.588. The Morgan fingerprint density at radius 3 is 2.39 bits per heavy atom. The highest BCUT2D eigenvalue weighted by atomic mass is 16.3. The molecule has 0 N–H and O–H groups in total. The van der Waals surface area contributed by atoms with Gasteiger partial charge in [-0.15, -0.1) is 0 Å². The van der Waals surface area contributed by atoms with E-state index in [1.54, 1.807) is 0 Å². The van der Waals surface area contributed by atoms with Crippen LogP contribution in [0, 0.1) is 11.8 Å². The van der Waals surface area contributed by atoms with Gasteiger partial charge in [-0.2, -0.15) is 0 Å². The molecule has 0 saturated heterocycles. The molecular formula is C22H29N3O3. The number of carbonyl (C=O) groups is 1. The molecule has 2 heterocycles. The van der Waals surface area contributed by atoms with Gasteiger partial charge in [0, 0.05) is 18.5 Å². The molecule has 0 aliphatic rings. The van der Waals surface area contributed by atoms with Gasteiger partial charge in [-0.1, -0.05) is 39.8 Å². The lowest BCUT2D eigenvalue weighted by Gasteiger charge is -2.24. The lowest BCUT2D eigenvalue weighted by Crippen LogP contribution is -2.38. The normalized spacial score (nSPS) is 11.8. The first-order valence-electron chi connectivity index (χ1n) is 10.0. The molecule has 150 valence electrons. The van der Waals surface area contributed by atoms with Crippen LogP contribution >= 0.6 is 0 Å². The first-order chi connectivity index (χ1) is 13.4. The second-order valence-electron chi connectivity index (χ2n) is 8.20. The van der Waals surface area contributed by atoms with Crippen molar-refractivity contribution >= 4 is 28.0 Å². The third-order valence-corrected chi connectivity index (χ3v) is 4.96. The summed E-state index contributed by atoms with van der Waals surface area (Å²) in [5.74, 6) is 0.983. The van der Waals surface area contributed by atoms with Crippen molar-refractivity contribution in [2.75, 3.05) is 13.1 Å². The smallest absolute Gasteiger partial charge is 0.297 e. The molecule has 1 aromatic carbocycles. The molecule has 0 aliphatic heterocycles. The number of carbonyl (C=O) groups excluding carboxylic acids is 1. The molecule has 0 aliphatic carbocycles. The molecule has 0 spiro atoms. The minimum Gasteiger partial charge on any atom is -0.448 e. The first-order valence-corrected chi connectivity index (χ1v) is 10.0. The fraction of sp³-hybridized carbons (Fsp3) is 0.500. The van der Waals surface area contributed by atoms with Crippen LogP contribution in [0.2, 0.25) is 0 Å². The Hall–Kier alpha value is -2.63. The highest BCUT2D eigenvalue weighted by Crippen LogP contribution is 2.24. The Balaban J connectivity index is 1.84. The maximum absolute atomic E-state index is 12.9. The van der Waals surface area contributed by atoms with Gasteiger partial charge in [-0.3, -0.25) is 14.2 Å². The molecular weight excluding hydrogens is 354 g/mol. The zero-order valence-corrected chi connectivity index (χ0v) is 17.1. The molecule has 6 heteroatoms. The van der Waals surface area contributed by atoms with Gasteiger partial charge < -0.3 is 9.32 Å². The van der Waals surface area contributed by atoms with Crippen molar-refractivity contribution in [1.29, 1.82) is 0 Å². The Kier molecular flexibility index (Phi) is 6.17. The SMILES string of the molecule is CC(C)CCN(CCC(C)C)C(=O)Cn1cnc2c(oc3ccccc32)c1=O. The molecule has 28 heavy (non-hydrogen) atoms. The van der Waals surface area contributed by atoms with Crippen LogP contribution in [0.5, 0.6) is 0 Å². The number of rotatable bonds is 8. The minimum absolute atomic E-state index is 0.0188. The number of nitrogens with zero attached hydrogens (tertiary/aromatic N) is 3. The van der Waals surface area contributed by atoms with Crippen LogP contribution in [0.4, 0.5) is 0 Å². The van der Waals surface area contributed by atoms with Gasteiger partial charge in [0.05, 0.1) is 6.33 Å². The van der Waals surface area contributed by atoms with Crippen LogP contribution in [-0.4, -0.2) is 33.4 Å². The number of hydrogen-bond acceptors (Lipinski definition) is 4. The molecule has 0 fully saturated rings. The number of furan rings is 1. The maximum atomic E-state index is 12.9. The number of fused-ring (bicyclic) bond motifs is 3. The highest BCUT2D eigenvalue weighted by molar-refractivity contribution is 6.01. The van der Waals surface area contributed by atoms with Crippen LogP contribution in [0.15, 0.2) is 39.8 Å². The number of amides is 1. The summed E-state index contributed by atoms with van der Waals surface area (Å²) in [6, 6.07) is 7.43. The summed E-state index contributed by atoms with van der Waals surface area (Å²) in [6.07, 6.45) is 3.34. The van der Waals surface area contributed by atoms with Gasteiger partial charge in [0.25, 0.3) is 5.56 Å². The molecule has 0 saturated carbocycles. The maximum Gasteiger partial charge on any atom is 0.297 e. The molecule has 0 atom stereocenters. The van der Waals surface area contributed by atoms with E-state index in [2.05, 4.69) is 32.7 Å². The van der Waals surface area contributed by atoms with E-state index in [1.807, 2.05) is 29.2 Å². The van der Waals surface area contributed by atoms with Gasteiger partial charge in [0.2, 0.25) is 11.5 Å². The van der Waals surface area contributed by atoms with Crippen LogP contribution in [0.1, 0.15) is 40.5 Å². The molecule has 0 bridgehead atoms. The Labute approximate surface area is 165 Å². The topological polar surface area (TPSA) is 68.3 Å². The first kappa shape index (κ1) is 20.1. The van der Waals surface area contributed by atoms with Crippen LogP contribution in [0.3, 0.4) is 0 Å². The van der Waals surface area contributed by atoms with Gasteiger partial charge in [0.15, 0.2) is 0 Å². The van der Waals surface area contributed by atoms with Gasteiger partial charge in [-0.25, -0.2) is 4.98 Å². The molecule has 3 aromatic rings. The Bertz CT molecular complexity index is 1000. The summed E-state index contributed by atoms with van der Waals surface area (Å²) in [7, 11) is 0. The van der Waals surface area contributed by atoms with Crippen molar-refractivity contribution in [3.63, 3.8) is 0 Å². The summed E-state index contributed by atoms with van der Waals surface area (Å²) >= 11 is 0. The predicted molar refractivity (Wildman–Crippen MR) is 111 cm³/mol. The number of benzene rings is 1. The van der Waals surface area contributed by atoms with E-state index in [0.29, 0.717) is 36.0 Å². The van der Waals surface area contributed by atoms with Gasteiger partial charge in [-0.05, 0) is 36.8 Å². The standard InChI is InChI=1S/C22H29N3O3/c1-15(2)9-11-24(12-10-16(3)4)19(26)13-25-14-23-20-17-7-5-6-8-18(17)28-21(20)22(25)27/h5-8,14-16H,9-13H2,1-4H3.